The van der Waals surface area contributed by atoms with Crippen molar-refractivity contribution in [2.45, 2.75) is 26.2 Å². The van der Waals surface area contributed by atoms with E-state index < -0.39 is 0 Å². The lowest BCUT2D eigenvalue weighted by molar-refractivity contribution is 0.419. The summed E-state index contributed by atoms with van der Waals surface area (Å²) in [5.41, 5.74) is 7.64. The Bertz CT molecular complexity index is 606. The number of aromatic nitrogens is 2. The molecule has 18 heavy (non-hydrogen) atoms. The number of nitrogens with zero attached hydrogens (tertiary/aromatic N) is 2. The molecule has 1 aliphatic rings. The van der Waals surface area contributed by atoms with Crippen LogP contribution in [0.5, 0.6) is 0 Å². The lowest BCUT2D eigenvalue weighted by Crippen LogP contribution is -1.93. The van der Waals surface area contributed by atoms with Crippen LogP contribution in [0.1, 0.15) is 32.0 Å². The number of halogens is 1. The molecule has 1 heterocycles. The van der Waals surface area contributed by atoms with E-state index in [4.69, 9.17) is 10.3 Å². The third kappa shape index (κ3) is 1.92. The second-order valence-electron chi connectivity index (χ2n) is 5.43. The Balaban J connectivity index is 1.96. The van der Waals surface area contributed by atoms with E-state index in [2.05, 4.69) is 39.9 Å². The molecule has 0 saturated heterocycles. The maximum atomic E-state index is 5.93. The third-order valence-electron chi connectivity index (χ3n) is 3.51. The summed E-state index contributed by atoms with van der Waals surface area (Å²) in [5.74, 6) is 1.68. The Morgan fingerprint density at radius 3 is 2.83 bits per heavy atom. The highest BCUT2D eigenvalue weighted by molar-refractivity contribution is 9.10. The average molecular weight is 308 g/mol. The van der Waals surface area contributed by atoms with E-state index in [1.165, 1.54) is 0 Å². The zero-order valence-corrected chi connectivity index (χ0v) is 11.9. The summed E-state index contributed by atoms with van der Waals surface area (Å²) in [5, 5.41) is 4.06. The van der Waals surface area contributed by atoms with E-state index >= 15 is 0 Å². The fraction of sp³-hybridized carbons (Fsp3) is 0.385. The largest absolute Gasteiger partial charge is 0.398 e. The van der Waals surface area contributed by atoms with Crippen LogP contribution in [-0.4, -0.2) is 10.1 Å². The molecule has 1 atom stereocenters. The predicted molar refractivity (Wildman–Crippen MR) is 73.0 cm³/mol. The van der Waals surface area contributed by atoms with Gasteiger partial charge in [-0.1, -0.05) is 34.9 Å². The van der Waals surface area contributed by atoms with E-state index in [9.17, 15) is 0 Å². The molecule has 5 heteroatoms. The van der Waals surface area contributed by atoms with Crippen LogP contribution in [0.25, 0.3) is 11.5 Å². The quantitative estimate of drug-likeness (QED) is 0.861. The summed E-state index contributed by atoms with van der Waals surface area (Å²) in [6, 6.07) is 5.61. The van der Waals surface area contributed by atoms with Crippen LogP contribution in [0.4, 0.5) is 5.69 Å². The van der Waals surface area contributed by atoms with Crippen molar-refractivity contribution in [3.63, 3.8) is 0 Å². The second-order valence-corrected chi connectivity index (χ2v) is 6.35. The van der Waals surface area contributed by atoms with Crippen LogP contribution < -0.4 is 5.73 Å². The summed E-state index contributed by atoms with van der Waals surface area (Å²) in [6.07, 6.45) is 1.11. The number of nitrogen functional groups attached to an aromatic ring is 1. The minimum Gasteiger partial charge on any atom is -0.398 e. The normalized spacial score (nSPS) is 20.9. The van der Waals surface area contributed by atoms with Crippen molar-refractivity contribution in [2.75, 3.05) is 5.73 Å². The van der Waals surface area contributed by atoms with Gasteiger partial charge < -0.3 is 10.3 Å². The van der Waals surface area contributed by atoms with Crippen molar-refractivity contribution in [3.8, 4) is 11.5 Å². The van der Waals surface area contributed by atoms with Crippen molar-refractivity contribution in [2.24, 2.45) is 5.41 Å². The van der Waals surface area contributed by atoms with Crippen molar-refractivity contribution < 1.29 is 4.52 Å². The van der Waals surface area contributed by atoms with Crippen LogP contribution in [-0.2, 0) is 0 Å². The van der Waals surface area contributed by atoms with E-state index in [1.54, 1.807) is 0 Å². The molecular weight excluding hydrogens is 294 g/mol. The van der Waals surface area contributed by atoms with Crippen molar-refractivity contribution >= 4 is 21.6 Å². The van der Waals surface area contributed by atoms with Crippen LogP contribution in [0.15, 0.2) is 27.2 Å². The molecule has 1 aromatic heterocycles. The topological polar surface area (TPSA) is 64.9 Å². The van der Waals surface area contributed by atoms with Crippen molar-refractivity contribution in [1.82, 2.24) is 10.1 Å². The minimum atomic E-state index is 0.296. The van der Waals surface area contributed by atoms with Crippen molar-refractivity contribution in [1.29, 1.82) is 0 Å². The highest BCUT2D eigenvalue weighted by atomic mass is 79.9. The summed E-state index contributed by atoms with van der Waals surface area (Å²) >= 11 is 3.41. The molecule has 0 aliphatic heterocycles. The SMILES string of the molecule is CC1(C)CC1c1noc(-c2cc(Br)ccc2N)n1. The van der Waals surface area contributed by atoms with Crippen LogP contribution in [0, 0.1) is 5.41 Å². The summed E-state index contributed by atoms with van der Waals surface area (Å²) in [7, 11) is 0. The molecule has 2 aromatic rings. The Morgan fingerprint density at radius 2 is 2.17 bits per heavy atom. The predicted octanol–water partition coefficient (Wildman–Crippen LogP) is 3.59. The monoisotopic (exact) mass is 307 g/mol. The van der Waals surface area contributed by atoms with Gasteiger partial charge in [0.05, 0.1) is 5.56 Å². The lowest BCUT2D eigenvalue weighted by atomic mass is 10.1. The average Bonchev–Trinajstić information content (AvgIpc) is 2.77. The van der Waals surface area contributed by atoms with Gasteiger partial charge in [-0.2, -0.15) is 4.98 Å². The fourth-order valence-electron chi connectivity index (χ4n) is 2.11. The lowest BCUT2D eigenvalue weighted by Gasteiger charge is -2.00. The first-order valence-corrected chi connectivity index (χ1v) is 6.66. The second kappa shape index (κ2) is 3.82. The number of rotatable bonds is 2. The van der Waals surface area contributed by atoms with Gasteiger partial charge in [0.15, 0.2) is 5.82 Å². The van der Waals surface area contributed by atoms with Gasteiger partial charge in [-0.25, -0.2) is 0 Å². The summed E-state index contributed by atoms with van der Waals surface area (Å²) < 4.78 is 6.26. The van der Waals surface area contributed by atoms with Gasteiger partial charge in [0.1, 0.15) is 0 Å². The smallest absolute Gasteiger partial charge is 0.260 e. The molecule has 1 fully saturated rings. The van der Waals surface area contributed by atoms with Gasteiger partial charge in [-0.15, -0.1) is 0 Å². The number of anilines is 1. The molecule has 0 radical (unpaired) electrons. The Morgan fingerprint density at radius 1 is 1.44 bits per heavy atom. The molecule has 3 rings (SSSR count). The number of hydrogen-bond acceptors (Lipinski definition) is 4. The molecular formula is C13H14BrN3O. The van der Waals surface area contributed by atoms with E-state index in [1.807, 2.05) is 18.2 Å². The Hall–Kier alpha value is -1.36. The highest BCUT2D eigenvalue weighted by Crippen LogP contribution is 2.57. The van der Waals surface area contributed by atoms with Gasteiger partial charge in [-0.3, -0.25) is 0 Å². The number of nitrogens with two attached hydrogens (primary N) is 1. The highest BCUT2D eigenvalue weighted by Gasteiger charge is 2.49. The number of benzene rings is 1. The first kappa shape index (κ1) is 11.7. The van der Waals surface area contributed by atoms with Gasteiger partial charge in [0.25, 0.3) is 5.89 Å². The third-order valence-corrected chi connectivity index (χ3v) is 4.01. The molecule has 1 aromatic carbocycles. The maximum absolute atomic E-state index is 5.93. The first-order chi connectivity index (χ1) is 8.47. The molecule has 0 amide bonds. The van der Waals surface area contributed by atoms with E-state index in [-0.39, 0.29) is 0 Å². The first-order valence-electron chi connectivity index (χ1n) is 5.86. The van der Waals surface area contributed by atoms with Gasteiger partial charge in [0, 0.05) is 16.1 Å². The molecule has 1 saturated carbocycles. The van der Waals surface area contributed by atoms with E-state index in [0.717, 1.165) is 22.3 Å². The van der Waals surface area contributed by atoms with Gasteiger partial charge in [0.2, 0.25) is 0 Å². The Kier molecular flexibility index (Phi) is 2.48. The van der Waals surface area contributed by atoms with E-state index in [0.29, 0.717) is 22.9 Å². The molecule has 0 bridgehead atoms. The van der Waals surface area contributed by atoms with Crippen molar-refractivity contribution in [3.05, 3.63) is 28.5 Å². The van der Waals surface area contributed by atoms with Crippen LogP contribution >= 0.6 is 15.9 Å². The maximum Gasteiger partial charge on any atom is 0.260 e. The van der Waals surface area contributed by atoms with Crippen LogP contribution in [0.3, 0.4) is 0 Å². The van der Waals surface area contributed by atoms with Crippen LogP contribution in [0.2, 0.25) is 0 Å². The Labute approximate surface area is 114 Å². The minimum absolute atomic E-state index is 0.296. The standard InChI is InChI=1S/C13H14BrN3O/c1-13(2)6-9(13)11-16-12(18-17-11)8-5-7(14)3-4-10(8)15/h3-5,9H,6,15H2,1-2H3. The molecule has 4 nitrogen and oxygen atoms in total. The zero-order chi connectivity index (χ0) is 12.9. The molecule has 94 valence electrons. The number of hydrogen-bond donors (Lipinski definition) is 1. The zero-order valence-electron chi connectivity index (χ0n) is 10.3. The molecule has 2 N–H and O–H groups in total. The van der Waals surface area contributed by atoms with Gasteiger partial charge in [-0.05, 0) is 30.0 Å². The summed E-state index contributed by atoms with van der Waals surface area (Å²) in [4.78, 5) is 4.46. The molecule has 0 spiro atoms. The molecule has 1 aliphatic carbocycles. The summed E-state index contributed by atoms with van der Waals surface area (Å²) in [6.45, 7) is 4.42. The fourth-order valence-corrected chi connectivity index (χ4v) is 2.47. The molecule has 1 unspecified atom stereocenters. The van der Waals surface area contributed by atoms with Gasteiger partial charge >= 0.3 is 0 Å².